The fraction of sp³-hybridized carbons (Fsp3) is 0.143. The van der Waals surface area contributed by atoms with E-state index in [0.29, 0.717) is 4.88 Å². The number of nitrogens with zero attached hydrogens (tertiary/aromatic N) is 1. The smallest absolute Gasteiger partial charge is 0.266 e. The molecular formula is C14H13FN2OS. The van der Waals surface area contributed by atoms with Crippen LogP contribution in [0.15, 0.2) is 41.5 Å². The zero-order valence-electron chi connectivity index (χ0n) is 10.4. The van der Waals surface area contributed by atoms with Crippen molar-refractivity contribution in [3.05, 3.63) is 57.5 Å². The van der Waals surface area contributed by atoms with E-state index < -0.39 is 5.91 Å². The van der Waals surface area contributed by atoms with E-state index >= 15 is 0 Å². The number of nitrogens with one attached hydrogen (secondary N) is 1. The van der Waals surface area contributed by atoms with Crippen LogP contribution in [0.4, 0.5) is 4.39 Å². The first-order valence-corrected chi connectivity index (χ1v) is 6.68. The van der Waals surface area contributed by atoms with Gasteiger partial charge in [-0.2, -0.15) is 9.49 Å². The van der Waals surface area contributed by atoms with Crippen LogP contribution >= 0.6 is 11.3 Å². The number of aryl methyl sites for hydroxylation is 1. The molecule has 1 N–H and O–H groups in total. The quantitative estimate of drug-likeness (QED) is 0.676. The Balaban J connectivity index is 1.94. The number of rotatable bonds is 4. The van der Waals surface area contributed by atoms with Crippen LogP contribution in [0, 0.1) is 5.13 Å². The van der Waals surface area contributed by atoms with Gasteiger partial charge in [0.15, 0.2) is 5.13 Å². The van der Waals surface area contributed by atoms with Gasteiger partial charge in [-0.05, 0) is 29.7 Å². The molecule has 2 aromatic rings. The van der Waals surface area contributed by atoms with E-state index in [9.17, 15) is 9.18 Å². The molecule has 1 aromatic carbocycles. The number of carbonyl (C=O) groups excluding carboxylic acids is 1. The number of hydrazone groups is 1. The third-order valence-electron chi connectivity index (χ3n) is 2.56. The Labute approximate surface area is 114 Å². The molecule has 1 heterocycles. The summed E-state index contributed by atoms with van der Waals surface area (Å²) in [5, 5.41) is 3.46. The number of thiophene rings is 1. The van der Waals surface area contributed by atoms with Gasteiger partial charge in [-0.3, -0.25) is 4.79 Å². The molecule has 0 bridgehead atoms. The van der Waals surface area contributed by atoms with Crippen molar-refractivity contribution in [3.63, 3.8) is 0 Å². The summed E-state index contributed by atoms with van der Waals surface area (Å²) in [4.78, 5) is 11.9. The highest BCUT2D eigenvalue weighted by molar-refractivity contribution is 7.12. The molecule has 0 atom stereocenters. The Hall–Kier alpha value is -2.01. The van der Waals surface area contributed by atoms with Crippen molar-refractivity contribution in [2.45, 2.75) is 13.3 Å². The summed E-state index contributed by atoms with van der Waals surface area (Å²) < 4.78 is 12.7. The van der Waals surface area contributed by atoms with Gasteiger partial charge in [0.1, 0.15) is 0 Å². The first kappa shape index (κ1) is 13.4. The van der Waals surface area contributed by atoms with Gasteiger partial charge >= 0.3 is 0 Å². The SMILES string of the molecule is CCc1ccc(C=NNC(=O)c2ccc(F)s2)cc1. The van der Waals surface area contributed by atoms with Crippen molar-refractivity contribution in [1.82, 2.24) is 5.43 Å². The molecule has 0 aliphatic heterocycles. The summed E-state index contributed by atoms with van der Waals surface area (Å²) in [6.45, 7) is 2.09. The molecule has 19 heavy (non-hydrogen) atoms. The van der Waals surface area contributed by atoms with Gasteiger partial charge < -0.3 is 0 Å². The van der Waals surface area contributed by atoms with E-state index in [4.69, 9.17) is 0 Å². The normalized spacial score (nSPS) is 10.8. The van der Waals surface area contributed by atoms with Gasteiger partial charge in [-0.25, -0.2) is 5.43 Å². The highest BCUT2D eigenvalue weighted by Gasteiger charge is 2.07. The second kappa shape index (κ2) is 6.24. The van der Waals surface area contributed by atoms with E-state index in [2.05, 4.69) is 17.5 Å². The number of halogens is 1. The van der Waals surface area contributed by atoms with E-state index in [0.717, 1.165) is 23.3 Å². The van der Waals surface area contributed by atoms with E-state index in [-0.39, 0.29) is 5.13 Å². The fourth-order valence-electron chi connectivity index (χ4n) is 1.50. The third kappa shape index (κ3) is 3.72. The Morgan fingerprint density at radius 3 is 2.63 bits per heavy atom. The molecule has 0 spiro atoms. The molecule has 98 valence electrons. The average molecular weight is 276 g/mol. The summed E-state index contributed by atoms with van der Waals surface area (Å²) in [5.74, 6) is -0.407. The molecule has 0 radical (unpaired) electrons. The monoisotopic (exact) mass is 276 g/mol. The standard InChI is InChI=1S/C14H13FN2OS/c1-2-10-3-5-11(6-4-10)9-16-17-14(18)12-7-8-13(15)19-12/h3-9H,2H2,1H3,(H,17,18). The topological polar surface area (TPSA) is 41.5 Å². The van der Waals surface area contributed by atoms with Crippen molar-refractivity contribution in [1.29, 1.82) is 0 Å². The lowest BCUT2D eigenvalue weighted by molar-refractivity contribution is 0.0959. The molecule has 2 rings (SSSR count). The molecule has 3 nitrogen and oxygen atoms in total. The molecule has 0 saturated carbocycles. The van der Waals surface area contributed by atoms with Crippen molar-refractivity contribution in [2.75, 3.05) is 0 Å². The largest absolute Gasteiger partial charge is 0.281 e. The van der Waals surface area contributed by atoms with Gasteiger partial charge in [0, 0.05) is 0 Å². The summed E-state index contributed by atoms with van der Waals surface area (Å²) >= 11 is 0.794. The van der Waals surface area contributed by atoms with Crippen LogP contribution in [0.25, 0.3) is 0 Å². The highest BCUT2D eigenvalue weighted by atomic mass is 32.1. The van der Waals surface area contributed by atoms with Crippen LogP contribution in [0.3, 0.4) is 0 Å². The van der Waals surface area contributed by atoms with Gasteiger partial charge in [-0.15, -0.1) is 11.3 Å². The first-order valence-electron chi connectivity index (χ1n) is 5.86. The Morgan fingerprint density at radius 1 is 1.32 bits per heavy atom. The Morgan fingerprint density at radius 2 is 2.05 bits per heavy atom. The minimum absolute atomic E-state index is 0.302. The van der Waals surface area contributed by atoms with Crippen LogP contribution in [0.1, 0.15) is 27.7 Å². The maximum absolute atomic E-state index is 12.7. The second-order valence-corrected chi connectivity index (χ2v) is 4.93. The number of carbonyl (C=O) groups is 1. The second-order valence-electron chi connectivity index (χ2n) is 3.90. The minimum Gasteiger partial charge on any atom is -0.266 e. The molecule has 0 saturated heterocycles. The lowest BCUT2D eigenvalue weighted by Gasteiger charge is -1.98. The predicted molar refractivity (Wildman–Crippen MR) is 75.2 cm³/mol. The van der Waals surface area contributed by atoms with E-state index in [1.54, 1.807) is 6.21 Å². The lowest BCUT2D eigenvalue weighted by Crippen LogP contribution is -2.16. The average Bonchev–Trinajstić information content (AvgIpc) is 2.86. The van der Waals surface area contributed by atoms with Crippen molar-refractivity contribution in [2.24, 2.45) is 5.10 Å². The van der Waals surface area contributed by atoms with Crippen LogP contribution in [-0.2, 0) is 6.42 Å². The highest BCUT2D eigenvalue weighted by Crippen LogP contribution is 2.13. The Bertz CT molecular complexity index is 590. The van der Waals surface area contributed by atoms with Crippen molar-refractivity contribution >= 4 is 23.5 Å². The molecule has 1 amide bonds. The van der Waals surface area contributed by atoms with Gasteiger partial charge in [-0.1, -0.05) is 31.2 Å². The summed E-state index contributed by atoms with van der Waals surface area (Å²) in [6, 6.07) is 10.6. The molecule has 0 aliphatic rings. The van der Waals surface area contributed by atoms with Crippen molar-refractivity contribution < 1.29 is 9.18 Å². The molecule has 0 unspecified atom stereocenters. The molecule has 0 aliphatic carbocycles. The summed E-state index contributed by atoms with van der Waals surface area (Å²) in [7, 11) is 0. The van der Waals surface area contributed by atoms with E-state index in [1.807, 2.05) is 24.3 Å². The van der Waals surface area contributed by atoms with Crippen molar-refractivity contribution in [3.8, 4) is 0 Å². The summed E-state index contributed by atoms with van der Waals surface area (Å²) in [5.41, 5.74) is 4.51. The lowest BCUT2D eigenvalue weighted by atomic mass is 10.1. The van der Waals surface area contributed by atoms with Crippen LogP contribution in [-0.4, -0.2) is 12.1 Å². The Kier molecular flexibility index (Phi) is 4.41. The third-order valence-corrected chi connectivity index (χ3v) is 3.44. The molecule has 5 heteroatoms. The predicted octanol–water partition coefficient (Wildman–Crippen LogP) is 3.21. The molecule has 1 aromatic heterocycles. The van der Waals surface area contributed by atoms with Crippen LogP contribution in [0.5, 0.6) is 0 Å². The zero-order valence-corrected chi connectivity index (χ0v) is 11.2. The fourth-order valence-corrected chi connectivity index (χ4v) is 2.12. The molecule has 0 fully saturated rings. The van der Waals surface area contributed by atoms with Gasteiger partial charge in [0.25, 0.3) is 5.91 Å². The summed E-state index contributed by atoms with van der Waals surface area (Å²) in [6.07, 6.45) is 2.54. The van der Waals surface area contributed by atoms with Gasteiger partial charge in [0.2, 0.25) is 0 Å². The number of hydrogen-bond donors (Lipinski definition) is 1. The van der Waals surface area contributed by atoms with E-state index in [1.165, 1.54) is 17.7 Å². The molecular weight excluding hydrogens is 263 g/mol. The minimum atomic E-state index is -0.407. The number of amides is 1. The first-order chi connectivity index (χ1) is 9.19. The van der Waals surface area contributed by atoms with Gasteiger partial charge in [0.05, 0.1) is 11.1 Å². The maximum atomic E-state index is 12.7. The van der Waals surface area contributed by atoms with Crippen LogP contribution in [0.2, 0.25) is 0 Å². The van der Waals surface area contributed by atoms with Crippen LogP contribution < -0.4 is 5.43 Å². The zero-order chi connectivity index (χ0) is 13.7. The number of hydrogen-bond acceptors (Lipinski definition) is 3. The number of benzene rings is 1. The maximum Gasteiger partial charge on any atom is 0.281 e.